The van der Waals surface area contributed by atoms with Crippen LogP contribution in [0.25, 0.3) is 0 Å². The van der Waals surface area contributed by atoms with E-state index in [1.807, 2.05) is 4.90 Å². The Bertz CT molecular complexity index is 951. The molecule has 0 N–H and O–H groups in total. The van der Waals surface area contributed by atoms with Crippen LogP contribution in [0.5, 0.6) is 5.75 Å². The van der Waals surface area contributed by atoms with Gasteiger partial charge in [0.1, 0.15) is 5.75 Å². The summed E-state index contributed by atoms with van der Waals surface area (Å²) in [6, 6.07) is 11.6. The molecule has 1 atom stereocenters. The van der Waals surface area contributed by atoms with Crippen LogP contribution < -0.4 is 9.42 Å². The highest BCUT2D eigenvalue weighted by atomic mass is 35.5. The van der Waals surface area contributed by atoms with Crippen LogP contribution in [-0.4, -0.2) is 48.6 Å². The predicted octanol–water partition coefficient (Wildman–Crippen LogP) is 5.14. The lowest BCUT2D eigenvalue weighted by Gasteiger charge is -2.38. The van der Waals surface area contributed by atoms with Gasteiger partial charge in [-0.1, -0.05) is 11.6 Å². The fourth-order valence-electron chi connectivity index (χ4n) is 2.93. The van der Waals surface area contributed by atoms with Crippen molar-refractivity contribution in [1.82, 2.24) is 4.67 Å². The number of alkyl halides is 3. The van der Waals surface area contributed by atoms with Crippen LogP contribution in [0.2, 0.25) is 5.02 Å². The van der Waals surface area contributed by atoms with Crippen molar-refractivity contribution < 1.29 is 31.7 Å². The van der Waals surface area contributed by atoms with Gasteiger partial charge in [-0.15, -0.1) is 0 Å². The van der Waals surface area contributed by atoms with E-state index in [1.54, 1.807) is 12.1 Å². The Kier molecular flexibility index (Phi) is 7.10. The standard InChI is InChI=1S/C18H18ClF3N3O5P/c19-14-1-7-17(8-2-14)30-31(28,29-13-18(20,21)22)24-11-9-23(10-12-24)15-3-5-16(6-4-15)25(26)27/h1-8H,9-13H2/t31-/m1/s1. The Morgan fingerprint density at radius 2 is 1.61 bits per heavy atom. The topological polar surface area (TPSA) is 85.2 Å². The van der Waals surface area contributed by atoms with Crippen LogP contribution in [0, 0.1) is 10.1 Å². The number of non-ortho nitro benzene ring substituents is 1. The maximum atomic E-state index is 13.3. The van der Waals surface area contributed by atoms with E-state index >= 15 is 0 Å². The van der Waals surface area contributed by atoms with Crippen LogP contribution in [0.15, 0.2) is 48.5 Å². The summed E-state index contributed by atoms with van der Waals surface area (Å²) in [7, 11) is -4.31. The van der Waals surface area contributed by atoms with E-state index in [0.717, 1.165) is 0 Å². The van der Waals surface area contributed by atoms with Crippen molar-refractivity contribution in [3.8, 4) is 5.75 Å². The molecule has 1 heterocycles. The summed E-state index contributed by atoms with van der Waals surface area (Å²) in [6.07, 6.45) is -4.68. The molecule has 1 fully saturated rings. The average molecular weight is 480 g/mol. The van der Waals surface area contributed by atoms with Gasteiger partial charge in [-0.05, 0) is 36.4 Å². The minimum absolute atomic E-state index is 0.0520. The normalized spacial score (nSPS) is 17.2. The molecule has 0 unspecified atom stereocenters. The van der Waals surface area contributed by atoms with E-state index in [0.29, 0.717) is 23.8 Å². The maximum Gasteiger partial charge on any atom is 0.461 e. The molecule has 168 valence electrons. The van der Waals surface area contributed by atoms with Crippen molar-refractivity contribution in [2.24, 2.45) is 0 Å². The third-order valence-electron chi connectivity index (χ3n) is 4.45. The Balaban J connectivity index is 1.71. The van der Waals surface area contributed by atoms with E-state index in [9.17, 15) is 27.9 Å². The van der Waals surface area contributed by atoms with Gasteiger partial charge >= 0.3 is 13.9 Å². The van der Waals surface area contributed by atoms with Gasteiger partial charge < -0.3 is 9.42 Å². The zero-order valence-electron chi connectivity index (χ0n) is 16.0. The van der Waals surface area contributed by atoms with E-state index in [2.05, 4.69) is 0 Å². The number of benzene rings is 2. The average Bonchev–Trinajstić information content (AvgIpc) is 2.74. The van der Waals surface area contributed by atoms with Crippen molar-refractivity contribution in [3.05, 3.63) is 63.7 Å². The first kappa shape index (κ1) is 23.3. The van der Waals surface area contributed by atoms with Gasteiger partial charge in [0.15, 0.2) is 6.61 Å². The minimum atomic E-state index is -4.68. The predicted molar refractivity (Wildman–Crippen MR) is 109 cm³/mol. The molecule has 31 heavy (non-hydrogen) atoms. The fourth-order valence-corrected chi connectivity index (χ4v) is 4.76. The Morgan fingerprint density at radius 3 is 2.13 bits per heavy atom. The van der Waals surface area contributed by atoms with Crippen LogP contribution >= 0.6 is 19.3 Å². The summed E-state index contributed by atoms with van der Waals surface area (Å²) in [5.74, 6) is 0.0627. The van der Waals surface area contributed by atoms with Gasteiger partial charge in [0, 0.05) is 49.0 Å². The Morgan fingerprint density at radius 1 is 1.03 bits per heavy atom. The molecule has 0 aromatic heterocycles. The second-order valence-corrected chi connectivity index (χ2v) is 9.00. The number of hydrogen-bond donors (Lipinski definition) is 0. The first-order valence-electron chi connectivity index (χ1n) is 9.07. The SMILES string of the molecule is O=[N+]([O-])c1ccc(N2CCN([P@@](=O)(OCC(F)(F)F)Oc3ccc(Cl)cc3)CC2)cc1. The molecule has 1 aliphatic rings. The number of nitro groups is 1. The molecule has 1 saturated heterocycles. The maximum absolute atomic E-state index is 13.3. The molecule has 0 spiro atoms. The summed E-state index contributed by atoms with van der Waals surface area (Å²) in [6.45, 7) is -0.915. The highest BCUT2D eigenvalue weighted by molar-refractivity contribution is 7.51. The molecule has 3 rings (SSSR count). The molecule has 0 aliphatic carbocycles. The number of hydrogen-bond acceptors (Lipinski definition) is 6. The number of anilines is 1. The van der Waals surface area contributed by atoms with Crippen LogP contribution in [0.4, 0.5) is 24.5 Å². The number of halogens is 4. The fraction of sp³-hybridized carbons (Fsp3) is 0.333. The molecule has 2 aromatic rings. The molecule has 2 aromatic carbocycles. The third kappa shape index (κ3) is 6.33. The van der Waals surface area contributed by atoms with Gasteiger partial charge in [-0.2, -0.15) is 17.8 Å². The zero-order chi connectivity index (χ0) is 22.6. The van der Waals surface area contributed by atoms with Crippen LogP contribution in [-0.2, 0) is 9.09 Å². The second kappa shape index (κ2) is 9.44. The van der Waals surface area contributed by atoms with Gasteiger partial charge in [0.25, 0.3) is 5.69 Å². The third-order valence-corrected chi connectivity index (χ3v) is 6.70. The van der Waals surface area contributed by atoms with Gasteiger partial charge in [0.05, 0.1) is 4.92 Å². The quantitative estimate of drug-likeness (QED) is 0.309. The zero-order valence-corrected chi connectivity index (χ0v) is 17.6. The number of nitrogens with zero attached hydrogens (tertiary/aromatic N) is 3. The van der Waals surface area contributed by atoms with Crippen molar-refractivity contribution in [2.45, 2.75) is 6.18 Å². The van der Waals surface area contributed by atoms with Gasteiger partial charge in [-0.25, -0.2) is 4.57 Å². The summed E-state index contributed by atoms with van der Waals surface area (Å²) >= 11 is 5.80. The lowest BCUT2D eigenvalue weighted by molar-refractivity contribution is -0.384. The smallest absolute Gasteiger partial charge is 0.413 e. The first-order chi connectivity index (χ1) is 14.6. The molecule has 0 radical (unpaired) electrons. The number of nitro benzene ring substituents is 1. The molecular formula is C18H18ClF3N3O5P. The van der Waals surface area contributed by atoms with Crippen LogP contribution in [0.3, 0.4) is 0 Å². The Labute approximate surface area is 180 Å². The van der Waals surface area contributed by atoms with Crippen molar-refractivity contribution >= 4 is 30.7 Å². The molecule has 0 bridgehead atoms. The summed E-state index contributed by atoms with van der Waals surface area (Å²) < 4.78 is 62.8. The summed E-state index contributed by atoms with van der Waals surface area (Å²) in [4.78, 5) is 12.1. The lowest BCUT2D eigenvalue weighted by atomic mass is 10.2. The largest absolute Gasteiger partial charge is 0.461 e. The highest BCUT2D eigenvalue weighted by Gasteiger charge is 2.41. The molecule has 0 saturated carbocycles. The summed E-state index contributed by atoms with van der Waals surface area (Å²) in [5.41, 5.74) is 0.652. The number of rotatable bonds is 7. The van der Waals surface area contributed by atoms with Gasteiger partial charge in [0.2, 0.25) is 0 Å². The molecule has 1 aliphatic heterocycles. The van der Waals surface area contributed by atoms with Crippen molar-refractivity contribution in [3.63, 3.8) is 0 Å². The molecular weight excluding hydrogens is 462 g/mol. The highest BCUT2D eigenvalue weighted by Crippen LogP contribution is 2.53. The summed E-state index contributed by atoms with van der Waals surface area (Å²) in [5, 5.41) is 11.2. The van der Waals surface area contributed by atoms with E-state index in [-0.39, 0.29) is 24.5 Å². The molecule has 8 nitrogen and oxygen atoms in total. The minimum Gasteiger partial charge on any atom is -0.413 e. The van der Waals surface area contributed by atoms with E-state index in [4.69, 9.17) is 20.6 Å². The van der Waals surface area contributed by atoms with Crippen molar-refractivity contribution in [1.29, 1.82) is 0 Å². The Hall–Kier alpha value is -2.33. The van der Waals surface area contributed by atoms with E-state index in [1.165, 1.54) is 41.1 Å². The molecule has 13 heteroatoms. The second-order valence-electron chi connectivity index (χ2n) is 6.62. The first-order valence-corrected chi connectivity index (χ1v) is 10.9. The monoisotopic (exact) mass is 479 g/mol. The lowest BCUT2D eigenvalue weighted by Crippen LogP contribution is -2.46. The molecule has 0 amide bonds. The van der Waals surface area contributed by atoms with Gasteiger partial charge in [-0.3, -0.25) is 14.6 Å². The number of piperazine rings is 1. The van der Waals surface area contributed by atoms with E-state index < -0.39 is 25.5 Å². The van der Waals surface area contributed by atoms with Crippen LogP contribution in [0.1, 0.15) is 0 Å². The van der Waals surface area contributed by atoms with Crippen molar-refractivity contribution in [2.75, 3.05) is 37.7 Å².